The first-order chi connectivity index (χ1) is 10.4. The van der Waals surface area contributed by atoms with Crippen LogP contribution in [0.2, 0.25) is 0 Å². The molecule has 1 aliphatic rings. The van der Waals surface area contributed by atoms with Crippen molar-refractivity contribution in [3.8, 4) is 5.69 Å². The van der Waals surface area contributed by atoms with E-state index >= 15 is 0 Å². The molecular formula is C17H23N3O. The molecule has 1 aromatic carbocycles. The standard InChI is InChI=1S/C17H23N3O/c21-12-2-1-10-19(16-7-8-16)13-15-3-5-17(6-4-15)20-11-9-18-14-20/h3-6,9,11,14,16,21H,1-2,7-8,10,12-13H2. The smallest absolute Gasteiger partial charge is 0.0991 e. The summed E-state index contributed by atoms with van der Waals surface area (Å²) >= 11 is 0. The van der Waals surface area contributed by atoms with Crippen molar-refractivity contribution in [2.75, 3.05) is 13.2 Å². The molecule has 1 aromatic heterocycles. The molecule has 0 unspecified atom stereocenters. The van der Waals surface area contributed by atoms with Crippen molar-refractivity contribution in [3.05, 3.63) is 48.5 Å². The number of hydrogen-bond donors (Lipinski definition) is 1. The Kier molecular flexibility index (Phi) is 4.68. The van der Waals surface area contributed by atoms with Crippen LogP contribution in [0.4, 0.5) is 0 Å². The first kappa shape index (κ1) is 14.3. The molecule has 1 fully saturated rings. The molecule has 0 bridgehead atoms. The van der Waals surface area contributed by atoms with E-state index in [-0.39, 0.29) is 0 Å². The van der Waals surface area contributed by atoms with Crippen molar-refractivity contribution in [2.45, 2.75) is 38.3 Å². The van der Waals surface area contributed by atoms with E-state index in [1.54, 1.807) is 6.20 Å². The Labute approximate surface area is 126 Å². The summed E-state index contributed by atoms with van der Waals surface area (Å²) in [6, 6.07) is 9.47. The zero-order valence-electron chi connectivity index (χ0n) is 12.4. The SMILES string of the molecule is OCCCCN(Cc1ccc(-n2ccnc2)cc1)C1CC1. The number of aliphatic hydroxyl groups is 1. The zero-order valence-corrected chi connectivity index (χ0v) is 12.4. The normalized spacial score (nSPS) is 14.8. The number of rotatable bonds is 8. The van der Waals surface area contributed by atoms with Crippen molar-refractivity contribution in [1.82, 2.24) is 14.5 Å². The van der Waals surface area contributed by atoms with Gasteiger partial charge in [0.2, 0.25) is 0 Å². The van der Waals surface area contributed by atoms with Gasteiger partial charge in [0.25, 0.3) is 0 Å². The molecular weight excluding hydrogens is 262 g/mol. The van der Waals surface area contributed by atoms with Crippen molar-refractivity contribution in [1.29, 1.82) is 0 Å². The third-order valence-corrected chi connectivity index (χ3v) is 4.04. The molecule has 1 saturated carbocycles. The van der Waals surface area contributed by atoms with E-state index in [9.17, 15) is 0 Å². The lowest BCUT2D eigenvalue weighted by Crippen LogP contribution is -2.26. The molecule has 112 valence electrons. The number of aliphatic hydroxyl groups excluding tert-OH is 1. The molecule has 4 nitrogen and oxygen atoms in total. The van der Waals surface area contributed by atoms with Crippen LogP contribution in [-0.2, 0) is 6.54 Å². The lowest BCUT2D eigenvalue weighted by atomic mass is 10.1. The summed E-state index contributed by atoms with van der Waals surface area (Å²) in [6.07, 6.45) is 10.2. The maximum atomic E-state index is 8.92. The van der Waals surface area contributed by atoms with Gasteiger partial charge in [-0.2, -0.15) is 0 Å². The summed E-state index contributed by atoms with van der Waals surface area (Å²) in [5.74, 6) is 0. The quantitative estimate of drug-likeness (QED) is 0.758. The predicted molar refractivity (Wildman–Crippen MR) is 83.3 cm³/mol. The Balaban J connectivity index is 1.60. The summed E-state index contributed by atoms with van der Waals surface area (Å²) in [5.41, 5.74) is 2.50. The van der Waals surface area contributed by atoms with Gasteiger partial charge in [-0.05, 0) is 49.9 Å². The van der Waals surface area contributed by atoms with Crippen LogP contribution in [0, 0.1) is 0 Å². The number of unbranched alkanes of at least 4 members (excludes halogenated alkanes) is 1. The molecule has 2 aromatic rings. The average molecular weight is 285 g/mol. The number of nitrogens with zero attached hydrogens (tertiary/aromatic N) is 3. The summed E-state index contributed by atoms with van der Waals surface area (Å²) in [5, 5.41) is 8.92. The minimum Gasteiger partial charge on any atom is -0.396 e. The minimum atomic E-state index is 0.304. The van der Waals surface area contributed by atoms with Crippen LogP contribution < -0.4 is 0 Å². The molecule has 0 saturated heterocycles. The molecule has 0 spiro atoms. The predicted octanol–water partition coefficient (Wildman–Crippen LogP) is 2.61. The Morgan fingerprint density at radius 2 is 2.00 bits per heavy atom. The fraction of sp³-hybridized carbons (Fsp3) is 0.471. The molecule has 0 atom stereocenters. The van der Waals surface area contributed by atoms with Gasteiger partial charge >= 0.3 is 0 Å². The van der Waals surface area contributed by atoms with Gasteiger partial charge < -0.3 is 9.67 Å². The largest absolute Gasteiger partial charge is 0.396 e. The number of hydrogen-bond acceptors (Lipinski definition) is 3. The monoisotopic (exact) mass is 285 g/mol. The fourth-order valence-electron chi connectivity index (χ4n) is 2.68. The van der Waals surface area contributed by atoms with Crippen LogP contribution in [0.25, 0.3) is 5.69 Å². The van der Waals surface area contributed by atoms with Crippen LogP contribution in [0.5, 0.6) is 0 Å². The van der Waals surface area contributed by atoms with Crippen LogP contribution >= 0.6 is 0 Å². The molecule has 4 heteroatoms. The van der Waals surface area contributed by atoms with Crippen molar-refractivity contribution in [2.24, 2.45) is 0 Å². The van der Waals surface area contributed by atoms with Gasteiger partial charge in [-0.1, -0.05) is 12.1 Å². The van der Waals surface area contributed by atoms with Gasteiger partial charge in [0, 0.05) is 37.3 Å². The summed E-state index contributed by atoms with van der Waals surface area (Å²) in [6.45, 7) is 2.41. The Bertz CT molecular complexity index is 532. The Morgan fingerprint density at radius 3 is 2.62 bits per heavy atom. The topological polar surface area (TPSA) is 41.3 Å². The molecule has 0 amide bonds. The summed E-state index contributed by atoms with van der Waals surface area (Å²) < 4.78 is 2.02. The van der Waals surface area contributed by atoms with Crippen molar-refractivity contribution >= 4 is 0 Å². The van der Waals surface area contributed by atoms with Gasteiger partial charge in [-0.3, -0.25) is 4.90 Å². The third kappa shape index (κ3) is 3.93. The van der Waals surface area contributed by atoms with Gasteiger partial charge in [-0.25, -0.2) is 4.98 Å². The molecule has 1 heterocycles. The molecule has 0 radical (unpaired) electrons. The second-order valence-electron chi connectivity index (χ2n) is 5.77. The molecule has 1 N–H and O–H groups in total. The van der Waals surface area contributed by atoms with Crippen molar-refractivity contribution in [3.63, 3.8) is 0 Å². The third-order valence-electron chi connectivity index (χ3n) is 4.04. The first-order valence-electron chi connectivity index (χ1n) is 7.79. The van der Waals surface area contributed by atoms with Crippen molar-refractivity contribution < 1.29 is 5.11 Å². The highest BCUT2D eigenvalue weighted by Gasteiger charge is 2.28. The lowest BCUT2D eigenvalue weighted by molar-refractivity contribution is 0.229. The van der Waals surface area contributed by atoms with Crippen LogP contribution in [0.1, 0.15) is 31.2 Å². The second kappa shape index (κ2) is 6.87. The average Bonchev–Trinajstić information content (AvgIpc) is 3.22. The molecule has 0 aliphatic heterocycles. The van der Waals surface area contributed by atoms with E-state index in [0.717, 1.165) is 37.7 Å². The summed E-state index contributed by atoms with van der Waals surface area (Å²) in [7, 11) is 0. The summed E-state index contributed by atoms with van der Waals surface area (Å²) in [4.78, 5) is 6.63. The second-order valence-corrected chi connectivity index (χ2v) is 5.77. The zero-order chi connectivity index (χ0) is 14.5. The highest BCUT2D eigenvalue weighted by atomic mass is 16.2. The van der Waals surface area contributed by atoms with E-state index in [1.165, 1.54) is 18.4 Å². The van der Waals surface area contributed by atoms with E-state index in [2.05, 4.69) is 34.1 Å². The molecule has 1 aliphatic carbocycles. The Morgan fingerprint density at radius 1 is 1.19 bits per heavy atom. The lowest BCUT2D eigenvalue weighted by Gasteiger charge is -2.22. The van der Waals surface area contributed by atoms with E-state index in [0.29, 0.717) is 6.61 Å². The highest BCUT2D eigenvalue weighted by Crippen LogP contribution is 2.28. The van der Waals surface area contributed by atoms with E-state index in [1.807, 2.05) is 17.1 Å². The van der Waals surface area contributed by atoms with Gasteiger partial charge in [0.15, 0.2) is 0 Å². The minimum absolute atomic E-state index is 0.304. The van der Waals surface area contributed by atoms with Gasteiger partial charge in [0.1, 0.15) is 0 Å². The van der Waals surface area contributed by atoms with Crippen LogP contribution in [-0.4, -0.2) is 38.8 Å². The molecule has 3 rings (SSSR count). The van der Waals surface area contributed by atoms with Crippen LogP contribution in [0.15, 0.2) is 43.0 Å². The van der Waals surface area contributed by atoms with Crippen LogP contribution in [0.3, 0.4) is 0 Å². The maximum Gasteiger partial charge on any atom is 0.0991 e. The number of benzene rings is 1. The maximum absolute atomic E-state index is 8.92. The fourth-order valence-corrected chi connectivity index (χ4v) is 2.68. The van der Waals surface area contributed by atoms with Gasteiger partial charge in [-0.15, -0.1) is 0 Å². The van der Waals surface area contributed by atoms with Gasteiger partial charge in [0.05, 0.1) is 6.33 Å². The van der Waals surface area contributed by atoms with E-state index < -0.39 is 0 Å². The molecule has 21 heavy (non-hydrogen) atoms. The Hall–Kier alpha value is -1.65. The number of aromatic nitrogens is 2. The van der Waals surface area contributed by atoms with E-state index in [4.69, 9.17) is 5.11 Å². The first-order valence-corrected chi connectivity index (χ1v) is 7.79. The number of imidazole rings is 1. The highest BCUT2D eigenvalue weighted by molar-refractivity contribution is 5.34.